The summed E-state index contributed by atoms with van der Waals surface area (Å²) < 4.78 is 22.0. The van der Waals surface area contributed by atoms with E-state index in [9.17, 15) is 9.59 Å². The molecule has 158 valence electrons. The van der Waals surface area contributed by atoms with Crippen LogP contribution < -0.4 is 0 Å². The molecule has 4 aliphatic rings. The zero-order chi connectivity index (χ0) is 19.7. The minimum Gasteiger partial charge on any atom is -0.465 e. The number of fused-ring (bicyclic) bond motifs is 2. The van der Waals surface area contributed by atoms with Crippen LogP contribution in [0.3, 0.4) is 0 Å². The third-order valence-corrected chi connectivity index (χ3v) is 7.05. The number of epoxide rings is 2. The van der Waals surface area contributed by atoms with Crippen molar-refractivity contribution in [2.24, 2.45) is 17.3 Å². The predicted molar refractivity (Wildman–Crippen MR) is 102 cm³/mol. The number of ether oxygens (including phenoxy) is 4. The van der Waals surface area contributed by atoms with E-state index < -0.39 is 0 Å². The highest BCUT2D eigenvalue weighted by Crippen LogP contribution is 2.49. The van der Waals surface area contributed by atoms with Crippen molar-refractivity contribution in [2.75, 3.05) is 13.2 Å². The Morgan fingerprint density at radius 2 is 1.57 bits per heavy atom. The third kappa shape index (κ3) is 5.26. The van der Waals surface area contributed by atoms with Crippen molar-refractivity contribution >= 4 is 11.9 Å². The normalized spacial score (nSPS) is 40.8. The smallest absolute Gasteiger partial charge is 0.305 e. The Bertz CT molecular complexity index is 580. The second kappa shape index (κ2) is 8.31. The molecule has 2 heterocycles. The van der Waals surface area contributed by atoms with E-state index in [4.69, 9.17) is 18.9 Å². The standard InChI is InChI=1S/C22H34O6/c1-14-9-17-16(27-17)8-7-15(14)12-25-20(23)5-3-4-6-21(24)26-13-22(2)10-18-19(11-22)28-18/h14-19H,3-13H2,1-2H3. The van der Waals surface area contributed by atoms with Crippen molar-refractivity contribution in [2.45, 2.75) is 96.1 Å². The summed E-state index contributed by atoms with van der Waals surface area (Å²) in [5, 5.41) is 0. The van der Waals surface area contributed by atoms with Gasteiger partial charge >= 0.3 is 11.9 Å². The van der Waals surface area contributed by atoms with Crippen molar-refractivity contribution < 1.29 is 28.5 Å². The van der Waals surface area contributed by atoms with Crippen LogP contribution in [0.2, 0.25) is 0 Å². The Kier molecular flexibility index (Phi) is 5.98. The fourth-order valence-electron chi connectivity index (χ4n) is 4.96. The first-order valence-corrected chi connectivity index (χ1v) is 11.0. The van der Waals surface area contributed by atoms with Crippen LogP contribution in [0.5, 0.6) is 0 Å². The van der Waals surface area contributed by atoms with Crippen LogP contribution in [0.25, 0.3) is 0 Å². The molecule has 0 aromatic heterocycles. The quantitative estimate of drug-likeness (QED) is 0.339. The largest absolute Gasteiger partial charge is 0.465 e. The lowest BCUT2D eigenvalue weighted by atomic mass is 9.89. The van der Waals surface area contributed by atoms with E-state index >= 15 is 0 Å². The second-order valence-corrected chi connectivity index (χ2v) is 9.75. The van der Waals surface area contributed by atoms with Gasteiger partial charge in [-0.15, -0.1) is 0 Å². The first-order chi connectivity index (χ1) is 13.4. The van der Waals surface area contributed by atoms with Crippen LogP contribution >= 0.6 is 0 Å². The fraction of sp³-hybridized carbons (Fsp3) is 0.909. The highest BCUT2D eigenvalue weighted by Gasteiger charge is 2.54. The molecule has 0 amide bonds. The van der Waals surface area contributed by atoms with Gasteiger partial charge in [0.1, 0.15) is 0 Å². The SMILES string of the molecule is CC1CC2OC2CCC1COC(=O)CCCCC(=O)OCC1(C)CC2OC2C1. The highest BCUT2D eigenvalue weighted by molar-refractivity contribution is 5.70. The second-order valence-electron chi connectivity index (χ2n) is 9.75. The lowest BCUT2D eigenvalue weighted by Gasteiger charge is -2.24. The first kappa shape index (κ1) is 20.1. The van der Waals surface area contributed by atoms with Crippen molar-refractivity contribution in [1.29, 1.82) is 0 Å². The Hall–Kier alpha value is -1.14. The zero-order valence-corrected chi connectivity index (χ0v) is 17.2. The van der Waals surface area contributed by atoms with Gasteiger partial charge in [-0.1, -0.05) is 13.8 Å². The molecule has 6 nitrogen and oxygen atoms in total. The van der Waals surface area contributed by atoms with E-state index in [1.807, 2.05) is 0 Å². The van der Waals surface area contributed by atoms with Crippen molar-refractivity contribution in [3.63, 3.8) is 0 Å². The number of hydrogen-bond acceptors (Lipinski definition) is 6. The maximum atomic E-state index is 12.0. The number of carbonyl (C=O) groups is 2. The lowest BCUT2D eigenvalue weighted by Crippen LogP contribution is -2.24. The van der Waals surface area contributed by atoms with Gasteiger partial charge in [-0.25, -0.2) is 0 Å². The Morgan fingerprint density at radius 1 is 0.929 bits per heavy atom. The van der Waals surface area contributed by atoms with Gasteiger partial charge in [-0.2, -0.15) is 0 Å². The van der Waals surface area contributed by atoms with Gasteiger partial charge in [-0.3, -0.25) is 9.59 Å². The molecule has 28 heavy (non-hydrogen) atoms. The number of carbonyl (C=O) groups excluding carboxylic acids is 2. The summed E-state index contributed by atoms with van der Waals surface area (Å²) in [5.74, 6) is 0.677. The summed E-state index contributed by atoms with van der Waals surface area (Å²) in [6.45, 7) is 5.40. The summed E-state index contributed by atoms with van der Waals surface area (Å²) in [4.78, 5) is 23.9. The topological polar surface area (TPSA) is 77.7 Å². The molecule has 0 aromatic carbocycles. The van der Waals surface area contributed by atoms with E-state index in [1.54, 1.807) is 0 Å². The van der Waals surface area contributed by atoms with Gasteiger partial charge < -0.3 is 18.9 Å². The molecule has 0 aromatic rings. The van der Waals surface area contributed by atoms with E-state index in [0.29, 0.717) is 75.1 Å². The van der Waals surface area contributed by atoms with E-state index in [0.717, 1.165) is 32.1 Å². The van der Waals surface area contributed by atoms with Gasteiger partial charge in [-0.05, 0) is 56.8 Å². The minimum atomic E-state index is -0.163. The highest BCUT2D eigenvalue weighted by atomic mass is 16.6. The minimum absolute atomic E-state index is 0.0782. The van der Waals surface area contributed by atoms with Gasteiger partial charge in [0, 0.05) is 18.3 Å². The average molecular weight is 395 g/mol. The Morgan fingerprint density at radius 3 is 2.29 bits per heavy atom. The molecule has 6 heteroatoms. The number of esters is 2. The molecule has 0 bridgehead atoms. The molecule has 6 unspecified atom stereocenters. The zero-order valence-electron chi connectivity index (χ0n) is 17.2. The van der Waals surface area contributed by atoms with E-state index in [1.165, 1.54) is 0 Å². The molecule has 2 saturated carbocycles. The average Bonchev–Trinajstić information content (AvgIpc) is 3.54. The molecular formula is C22H34O6. The molecule has 0 spiro atoms. The summed E-state index contributed by atoms with van der Waals surface area (Å²) >= 11 is 0. The first-order valence-electron chi connectivity index (χ1n) is 11.0. The number of unbranched alkanes of at least 4 members (excludes halogenated alkanes) is 1. The lowest BCUT2D eigenvalue weighted by molar-refractivity contribution is -0.149. The van der Waals surface area contributed by atoms with E-state index in [2.05, 4.69) is 13.8 Å². The van der Waals surface area contributed by atoms with Gasteiger partial charge in [0.15, 0.2) is 0 Å². The van der Waals surface area contributed by atoms with Crippen LogP contribution in [0.4, 0.5) is 0 Å². The predicted octanol–water partition coefficient (Wildman–Crippen LogP) is 3.40. The molecule has 2 aliphatic carbocycles. The van der Waals surface area contributed by atoms with Crippen LogP contribution in [-0.4, -0.2) is 49.6 Å². The number of rotatable bonds is 9. The van der Waals surface area contributed by atoms with Crippen LogP contribution in [0.15, 0.2) is 0 Å². The van der Waals surface area contributed by atoms with Crippen LogP contribution in [-0.2, 0) is 28.5 Å². The van der Waals surface area contributed by atoms with Crippen LogP contribution in [0, 0.1) is 17.3 Å². The maximum Gasteiger partial charge on any atom is 0.305 e. The fourth-order valence-corrected chi connectivity index (χ4v) is 4.96. The molecule has 0 N–H and O–H groups in total. The molecule has 4 rings (SSSR count). The maximum absolute atomic E-state index is 12.0. The van der Waals surface area contributed by atoms with Crippen LogP contribution in [0.1, 0.15) is 71.6 Å². The molecule has 6 atom stereocenters. The summed E-state index contributed by atoms with van der Waals surface area (Å²) in [7, 11) is 0. The number of hydrogen-bond donors (Lipinski definition) is 0. The molecule has 2 aliphatic heterocycles. The third-order valence-electron chi connectivity index (χ3n) is 7.05. The molecule has 2 saturated heterocycles. The summed E-state index contributed by atoms with van der Waals surface area (Å²) in [6.07, 6.45) is 9.02. The van der Waals surface area contributed by atoms with Crippen molar-refractivity contribution in [3.05, 3.63) is 0 Å². The van der Waals surface area contributed by atoms with Gasteiger partial charge in [0.25, 0.3) is 0 Å². The summed E-state index contributed by atoms with van der Waals surface area (Å²) in [6, 6.07) is 0. The van der Waals surface area contributed by atoms with E-state index in [-0.39, 0.29) is 17.4 Å². The molecular weight excluding hydrogens is 360 g/mol. The van der Waals surface area contributed by atoms with Crippen molar-refractivity contribution in [1.82, 2.24) is 0 Å². The monoisotopic (exact) mass is 394 g/mol. The van der Waals surface area contributed by atoms with Gasteiger partial charge in [0.05, 0.1) is 37.6 Å². The van der Waals surface area contributed by atoms with Gasteiger partial charge in [0.2, 0.25) is 0 Å². The Balaban J connectivity index is 1.03. The van der Waals surface area contributed by atoms with Crippen molar-refractivity contribution in [3.8, 4) is 0 Å². The molecule has 4 fully saturated rings. The summed E-state index contributed by atoms with van der Waals surface area (Å²) in [5.41, 5.74) is 0.0782. The molecule has 0 radical (unpaired) electrons. The Labute approximate surface area is 167 Å².